The van der Waals surface area contributed by atoms with Crippen molar-refractivity contribution in [3.63, 3.8) is 0 Å². The molecule has 0 aliphatic rings. The van der Waals surface area contributed by atoms with Gasteiger partial charge in [-0.15, -0.1) is 0 Å². The number of benzene rings is 1. The van der Waals surface area contributed by atoms with E-state index < -0.39 is 15.8 Å². The summed E-state index contributed by atoms with van der Waals surface area (Å²) in [5, 5.41) is 0. The van der Waals surface area contributed by atoms with Crippen molar-refractivity contribution in [1.82, 2.24) is 4.72 Å². The Morgan fingerprint density at radius 1 is 1.32 bits per heavy atom. The number of hydrogen-bond donors (Lipinski definition) is 2. The van der Waals surface area contributed by atoms with Crippen molar-refractivity contribution in [2.24, 2.45) is 11.7 Å². The molecule has 19 heavy (non-hydrogen) atoms. The Morgan fingerprint density at radius 2 is 1.95 bits per heavy atom. The minimum absolute atomic E-state index is 0.0201. The third kappa shape index (κ3) is 4.26. The maximum absolute atomic E-state index is 13.6. The van der Waals surface area contributed by atoms with Crippen LogP contribution in [0.5, 0.6) is 0 Å². The van der Waals surface area contributed by atoms with Gasteiger partial charge in [-0.3, -0.25) is 0 Å². The maximum Gasteiger partial charge on any atom is 0.241 e. The van der Waals surface area contributed by atoms with Gasteiger partial charge in [0.2, 0.25) is 10.0 Å². The Labute approximate surface area is 114 Å². The molecule has 0 amide bonds. The van der Waals surface area contributed by atoms with Gasteiger partial charge < -0.3 is 5.73 Å². The van der Waals surface area contributed by atoms with Crippen LogP contribution in [0.3, 0.4) is 0 Å². The molecule has 0 heterocycles. The summed E-state index contributed by atoms with van der Waals surface area (Å²) >= 11 is 0. The van der Waals surface area contributed by atoms with Crippen LogP contribution < -0.4 is 10.5 Å². The summed E-state index contributed by atoms with van der Waals surface area (Å²) in [6.45, 7) is 5.66. The van der Waals surface area contributed by atoms with Gasteiger partial charge in [0, 0.05) is 18.2 Å². The molecule has 0 saturated heterocycles. The van der Waals surface area contributed by atoms with Gasteiger partial charge in [0.05, 0.1) is 4.90 Å². The quantitative estimate of drug-likeness (QED) is 0.841. The van der Waals surface area contributed by atoms with E-state index >= 15 is 0 Å². The molecular formula is C13H21FN2O2S. The zero-order valence-electron chi connectivity index (χ0n) is 11.5. The highest BCUT2D eigenvalue weighted by molar-refractivity contribution is 7.89. The summed E-state index contributed by atoms with van der Waals surface area (Å²) in [6, 6.07) is 3.74. The van der Waals surface area contributed by atoms with Crippen molar-refractivity contribution >= 4 is 10.0 Å². The fourth-order valence-corrected chi connectivity index (χ4v) is 3.59. The minimum atomic E-state index is -3.74. The number of rotatable bonds is 6. The predicted molar refractivity (Wildman–Crippen MR) is 73.5 cm³/mol. The average molecular weight is 288 g/mol. The fraction of sp³-hybridized carbons (Fsp3) is 0.538. The van der Waals surface area contributed by atoms with E-state index in [1.165, 1.54) is 18.2 Å². The molecule has 1 unspecified atom stereocenters. The average Bonchev–Trinajstić information content (AvgIpc) is 2.26. The molecule has 1 aromatic carbocycles. The van der Waals surface area contributed by atoms with Gasteiger partial charge >= 0.3 is 0 Å². The SMILES string of the molecule is CC(C)CC(C)NS(=O)(=O)c1cccc(F)c1CN. The molecule has 0 aliphatic heterocycles. The molecule has 0 saturated carbocycles. The van der Waals surface area contributed by atoms with Gasteiger partial charge in [-0.25, -0.2) is 17.5 Å². The van der Waals surface area contributed by atoms with Crippen LogP contribution in [0.15, 0.2) is 23.1 Å². The van der Waals surface area contributed by atoms with Crippen molar-refractivity contribution in [3.05, 3.63) is 29.6 Å². The number of nitrogens with two attached hydrogens (primary N) is 1. The summed E-state index contributed by atoms with van der Waals surface area (Å²) in [5.74, 6) is -0.221. The maximum atomic E-state index is 13.6. The Hall–Kier alpha value is -0.980. The molecule has 1 rings (SSSR count). The van der Waals surface area contributed by atoms with E-state index in [1.54, 1.807) is 6.92 Å². The van der Waals surface area contributed by atoms with E-state index in [0.717, 1.165) is 0 Å². The Bertz CT molecular complexity index is 529. The van der Waals surface area contributed by atoms with Crippen LogP contribution in [0.1, 0.15) is 32.8 Å². The monoisotopic (exact) mass is 288 g/mol. The molecule has 0 spiro atoms. The van der Waals surface area contributed by atoms with Crippen molar-refractivity contribution in [1.29, 1.82) is 0 Å². The van der Waals surface area contributed by atoms with Gasteiger partial charge in [0.25, 0.3) is 0 Å². The lowest BCUT2D eigenvalue weighted by molar-refractivity contribution is 0.481. The minimum Gasteiger partial charge on any atom is -0.326 e. The molecule has 0 radical (unpaired) electrons. The zero-order chi connectivity index (χ0) is 14.6. The summed E-state index contributed by atoms with van der Waals surface area (Å²) in [4.78, 5) is -0.0781. The van der Waals surface area contributed by atoms with E-state index in [4.69, 9.17) is 5.73 Å². The summed E-state index contributed by atoms with van der Waals surface area (Å²) in [5.41, 5.74) is 5.45. The molecule has 0 bridgehead atoms. The largest absolute Gasteiger partial charge is 0.326 e. The first-order valence-corrected chi connectivity index (χ1v) is 7.76. The molecule has 0 aromatic heterocycles. The third-order valence-corrected chi connectivity index (χ3v) is 4.42. The topological polar surface area (TPSA) is 72.2 Å². The van der Waals surface area contributed by atoms with Crippen LogP contribution in [-0.4, -0.2) is 14.5 Å². The highest BCUT2D eigenvalue weighted by atomic mass is 32.2. The van der Waals surface area contributed by atoms with Crippen LogP contribution in [-0.2, 0) is 16.6 Å². The van der Waals surface area contributed by atoms with Gasteiger partial charge in [0.15, 0.2) is 0 Å². The Kier molecular flexibility index (Phi) is 5.46. The molecule has 1 atom stereocenters. The van der Waals surface area contributed by atoms with Crippen molar-refractivity contribution < 1.29 is 12.8 Å². The summed E-state index contributed by atoms with van der Waals surface area (Å²) in [7, 11) is -3.74. The Morgan fingerprint density at radius 3 is 2.47 bits per heavy atom. The fourth-order valence-electron chi connectivity index (χ4n) is 2.07. The van der Waals surface area contributed by atoms with Gasteiger partial charge in [-0.1, -0.05) is 19.9 Å². The highest BCUT2D eigenvalue weighted by Crippen LogP contribution is 2.19. The van der Waals surface area contributed by atoms with Crippen LogP contribution in [0, 0.1) is 11.7 Å². The number of hydrogen-bond acceptors (Lipinski definition) is 3. The van der Waals surface area contributed by atoms with E-state index in [0.29, 0.717) is 12.3 Å². The number of halogens is 1. The van der Waals surface area contributed by atoms with Crippen molar-refractivity contribution in [3.8, 4) is 0 Å². The molecule has 1 aromatic rings. The first-order valence-electron chi connectivity index (χ1n) is 6.27. The molecule has 108 valence electrons. The second-order valence-corrected chi connectivity index (χ2v) is 6.75. The zero-order valence-corrected chi connectivity index (χ0v) is 12.3. The van der Waals surface area contributed by atoms with E-state index in [9.17, 15) is 12.8 Å². The normalized spacial score (nSPS) is 13.8. The van der Waals surface area contributed by atoms with Gasteiger partial charge in [-0.2, -0.15) is 0 Å². The first-order chi connectivity index (χ1) is 8.77. The molecule has 4 nitrogen and oxygen atoms in total. The summed E-state index contributed by atoms with van der Waals surface area (Å²) in [6.07, 6.45) is 0.715. The molecule has 3 N–H and O–H groups in total. The van der Waals surface area contributed by atoms with Gasteiger partial charge in [0.1, 0.15) is 5.82 Å². The molecule has 0 fully saturated rings. The standard InChI is InChI=1S/C13H21FN2O2S/c1-9(2)7-10(3)16-19(17,18)13-6-4-5-12(14)11(13)8-15/h4-6,9-10,16H,7-8,15H2,1-3H3. The Balaban J connectivity index is 3.04. The highest BCUT2D eigenvalue weighted by Gasteiger charge is 2.22. The molecule has 6 heteroatoms. The second kappa shape index (κ2) is 6.45. The van der Waals surface area contributed by atoms with E-state index in [-0.39, 0.29) is 23.0 Å². The molecular weight excluding hydrogens is 267 g/mol. The van der Waals surface area contributed by atoms with Crippen LogP contribution >= 0.6 is 0 Å². The number of nitrogens with one attached hydrogen (secondary N) is 1. The lowest BCUT2D eigenvalue weighted by Crippen LogP contribution is -2.34. The molecule has 0 aliphatic carbocycles. The van der Waals surface area contributed by atoms with Crippen molar-refractivity contribution in [2.75, 3.05) is 0 Å². The second-order valence-electron chi connectivity index (χ2n) is 5.07. The van der Waals surface area contributed by atoms with Crippen LogP contribution in [0.4, 0.5) is 4.39 Å². The van der Waals surface area contributed by atoms with Crippen LogP contribution in [0.25, 0.3) is 0 Å². The van der Waals surface area contributed by atoms with Crippen LogP contribution in [0.2, 0.25) is 0 Å². The number of sulfonamides is 1. The smallest absolute Gasteiger partial charge is 0.241 e. The van der Waals surface area contributed by atoms with E-state index in [1.807, 2.05) is 13.8 Å². The summed E-state index contributed by atoms with van der Waals surface area (Å²) < 4.78 is 40.6. The van der Waals surface area contributed by atoms with Gasteiger partial charge in [-0.05, 0) is 31.4 Å². The third-order valence-electron chi connectivity index (χ3n) is 2.75. The lowest BCUT2D eigenvalue weighted by Gasteiger charge is -2.17. The predicted octanol–water partition coefficient (Wildman–Crippen LogP) is 2.00. The van der Waals surface area contributed by atoms with E-state index in [2.05, 4.69) is 4.72 Å². The first kappa shape index (κ1) is 16.1. The van der Waals surface area contributed by atoms with Crippen molar-refractivity contribution in [2.45, 2.75) is 44.7 Å². The lowest BCUT2D eigenvalue weighted by atomic mass is 10.1.